The van der Waals surface area contributed by atoms with Crippen LogP contribution in [0.4, 0.5) is 8.78 Å². The fraction of sp³-hybridized carbons (Fsp3) is 0.474. The number of benzene rings is 1. The fourth-order valence-corrected chi connectivity index (χ4v) is 2.67. The Morgan fingerprint density at radius 1 is 1.15 bits per heavy atom. The highest BCUT2D eigenvalue weighted by atomic mass is 127. The first-order chi connectivity index (χ1) is 12.6. The second kappa shape index (κ2) is 11.9. The first-order valence-electron chi connectivity index (χ1n) is 9.01. The third-order valence-electron chi connectivity index (χ3n) is 4.04. The maximum absolute atomic E-state index is 13.7. The summed E-state index contributed by atoms with van der Waals surface area (Å²) in [5, 5.41) is 10.4. The average molecular weight is 492 g/mol. The molecule has 0 saturated carbocycles. The van der Waals surface area contributed by atoms with Gasteiger partial charge in [0, 0.05) is 25.1 Å². The summed E-state index contributed by atoms with van der Waals surface area (Å²) in [4.78, 5) is 4.57. The van der Waals surface area contributed by atoms with E-state index in [-0.39, 0.29) is 24.0 Å². The van der Waals surface area contributed by atoms with Crippen LogP contribution in [0.3, 0.4) is 0 Å². The van der Waals surface area contributed by atoms with Crippen LogP contribution >= 0.6 is 24.0 Å². The molecule has 2 rings (SSSR count). The molecule has 0 bridgehead atoms. The van der Waals surface area contributed by atoms with Gasteiger partial charge in [0.1, 0.15) is 17.4 Å². The Morgan fingerprint density at radius 3 is 2.59 bits per heavy atom. The van der Waals surface area contributed by atoms with E-state index in [1.54, 1.807) is 0 Å². The highest BCUT2D eigenvalue weighted by Crippen LogP contribution is 2.16. The highest BCUT2D eigenvalue weighted by Gasteiger charge is 2.13. The molecule has 2 N–H and O–H groups in total. The molecule has 0 saturated heterocycles. The lowest BCUT2D eigenvalue weighted by Crippen LogP contribution is -2.38. The largest absolute Gasteiger partial charge is 0.361 e. The molecule has 5 nitrogen and oxygen atoms in total. The van der Waals surface area contributed by atoms with E-state index < -0.39 is 11.6 Å². The van der Waals surface area contributed by atoms with Crippen LogP contribution in [0.2, 0.25) is 0 Å². The SMILES string of the molecule is CCNC(=NCc1c(CC)noc1CC)NCCc1cc(F)ccc1F.I. The van der Waals surface area contributed by atoms with E-state index in [9.17, 15) is 8.78 Å². The number of hydrogen-bond acceptors (Lipinski definition) is 3. The first kappa shape index (κ1) is 23.3. The number of nitrogens with one attached hydrogen (secondary N) is 2. The van der Waals surface area contributed by atoms with E-state index in [0.29, 0.717) is 37.6 Å². The van der Waals surface area contributed by atoms with Gasteiger partial charge in [0.25, 0.3) is 0 Å². The summed E-state index contributed by atoms with van der Waals surface area (Å²) in [7, 11) is 0. The Bertz CT molecular complexity index is 728. The summed E-state index contributed by atoms with van der Waals surface area (Å²) >= 11 is 0. The fourth-order valence-electron chi connectivity index (χ4n) is 2.67. The second-order valence-corrected chi connectivity index (χ2v) is 5.85. The van der Waals surface area contributed by atoms with Gasteiger partial charge in [-0.2, -0.15) is 0 Å². The summed E-state index contributed by atoms with van der Waals surface area (Å²) in [5.74, 6) is 0.631. The van der Waals surface area contributed by atoms with Crippen LogP contribution in [0.1, 0.15) is 43.4 Å². The van der Waals surface area contributed by atoms with Gasteiger partial charge in [0.2, 0.25) is 0 Å². The van der Waals surface area contributed by atoms with Crippen LogP contribution in [-0.4, -0.2) is 24.2 Å². The Kier molecular flexibility index (Phi) is 10.3. The number of hydrogen-bond donors (Lipinski definition) is 2. The van der Waals surface area contributed by atoms with Crippen molar-refractivity contribution >= 4 is 29.9 Å². The Morgan fingerprint density at radius 2 is 1.93 bits per heavy atom. The standard InChI is InChI=1S/C19H26F2N4O.HI/c1-4-17-15(18(5-2)26-25-17)12-24-19(22-6-3)23-10-9-13-11-14(20)7-8-16(13)21;/h7-8,11H,4-6,9-10,12H2,1-3H3,(H2,22,23,24);1H. The van der Waals surface area contributed by atoms with Crippen LogP contribution in [0, 0.1) is 11.6 Å². The lowest BCUT2D eigenvalue weighted by molar-refractivity contribution is 0.380. The highest BCUT2D eigenvalue weighted by molar-refractivity contribution is 14.0. The molecule has 0 aliphatic rings. The third-order valence-corrected chi connectivity index (χ3v) is 4.04. The van der Waals surface area contributed by atoms with Crippen LogP contribution < -0.4 is 10.6 Å². The smallest absolute Gasteiger partial charge is 0.191 e. The Labute approximate surface area is 176 Å². The molecule has 0 spiro atoms. The van der Waals surface area contributed by atoms with Gasteiger partial charge in [-0.3, -0.25) is 0 Å². The van der Waals surface area contributed by atoms with Gasteiger partial charge in [0.05, 0.1) is 12.2 Å². The van der Waals surface area contributed by atoms with E-state index >= 15 is 0 Å². The van der Waals surface area contributed by atoms with Crippen molar-refractivity contribution in [3.8, 4) is 0 Å². The van der Waals surface area contributed by atoms with Crippen LogP contribution in [-0.2, 0) is 25.8 Å². The molecule has 1 aromatic heterocycles. The molecule has 1 heterocycles. The normalized spacial score (nSPS) is 11.2. The lowest BCUT2D eigenvalue weighted by Gasteiger charge is -2.12. The number of aromatic nitrogens is 1. The van der Waals surface area contributed by atoms with Crippen molar-refractivity contribution in [1.29, 1.82) is 0 Å². The lowest BCUT2D eigenvalue weighted by atomic mass is 10.1. The number of aryl methyl sites for hydroxylation is 2. The molecule has 8 heteroatoms. The van der Waals surface area contributed by atoms with Crippen molar-refractivity contribution in [2.45, 2.75) is 46.6 Å². The van der Waals surface area contributed by atoms with Crippen LogP contribution in [0.15, 0.2) is 27.7 Å². The van der Waals surface area contributed by atoms with Crippen molar-refractivity contribution < 1.29 is 13.3 Å². The number of rotatable bonds is 8. The molecule has 27 heavy (non-hydrogen) atoms. The van der Waals surface area contributed by atoms with Crippen LogP contribution in [0.5, 0.6) is 0 Å². The summed E-state index contributed by atoms with van der Waals surface area (Å²) in [6.45, 7) is 7.62. The molecular formula is C19H27F2IN4O. The maximum atomic E-state index is 13.7. The van der Waals surface area contributed by atoms with E-state index in [0.717, 1.165) is 42.0 Å². The van der Waals surface area contributed by atoms with Gasteiger partial charge in [-0.1, -0.05) is 19.0 Å². The van der Waals surface area contributed by atoms with Gasteiger partial charge in [-0.15, -0.1) is 24.0 Å². The molecule has 2 aromatic rings. The van der Waals surface area contributed by atoms with Gasteiger partial charge in [0.15, 0.2) is 5.96 Å². The Balaban J connectivity index is 0.00000364. The zero-order chi connectivity index (χ0) is 18.9. The molecular weight excluding hydrogens is 465 g/mol. The van der Waals surface area contributed by atoms with Gasteiger partial charge < -0.3 is 15.2 Å². The molecule has 0 aliphatic carbocycles. The number of guanidine groups is 1. The van der Waals surface area contributed by atoms with Crippen LogP contribution in [0.25, 0.3) is 0 Å². The molecule has 0 atom stereocenters. The van der Waals surface area contributed by atoms with Gasteiger partial charge in [-0.05, 0) is 43.5 Å². The molecule has 150 valence electrons. The maximum Gasteiger partial charge on any atom is 0.191 e. The van der Waals surface area contributed by atoms with E-state index in [1.807, 2.05) is 20.8 Å². The minimum absolute atomic E-state index is 0. The van der Waals surface area contributed by atoms with E-state index in [2.05, 4.69) is 20.8 Å². The Hall–Kier alpha value is -1.71. The van der Waals surface area contributed by atoms with E-state index in [4.69, 9.17) is 4.52 Å². The monoisotopic (exact) mass is 492 g/mol. The van der Waals surface area contributed by atoms with Gasteiger partial charge in [-0.25, -0.2) is 13.8 Å². The summed E-state index contributed by atoms with van der Waals surface area (Å²) < 4.78 is 32.3. The number of halogens is 3. The summed E-state index contributed by atoms with van der Waals surface area (Å²) in [5.41, 5.74) is 2.28. The van der Waals surface area contributed by atoms with Crippen molar-refractivity contribution in [3.05, 3.63) is 52.4 Å². The summed E-state index contributed by atoms with van der Waals surface area (Å²) in [6.07, 6.45) is 1.92. The van der Waals surface area contributed by atoms with Crippen molar-refractivity contribution in [3.63, 3.8) is 0 Å². The molecule has 1 aromatic carbocycles. The van der Waals surface area contributed by atoms with Crippen molar-refractivity contribution in [2.24, 2.45) is 4.99 Å². The predicted molar refractivity (Wildman–Crippen MR) is 114 cm³/mol. The number of aliphatic imine (C=N–C) groups is 1. The van der Waals surface area contributed by atoms with Crippen molar-refractivity contribution in [2.75, 3.05) is 13.1 Å². The molecule has 0 fully saturated rings. The minimum Gasteiger partial charge on any atom is -0.361 e. The molecule has 0 aliphatic heterocycles. The molecule has 0 radical (unpaired) electrons. The quantitative estimate of drug-likeness (QED) is 0.333. The van der Waals surface area contributed by atoms with E-state index in [1.165, 1.54) is 6.07 Å². The zero-order valence-electron chi connectivity index (χ0n) is 15.9. The minimum atomic E-state index is -0.436. The average Bonchev–Trinajstić information content (AvgIpc) is 3.04. The summed E-state index contributed by atoms with van der Waals surface area (Å²) in [6, 6.07) is 3.49. The van der Waals surface area contributed by atoms with Crippen molar-refractivity contribution in [1.82, 2.24) is 15.8 Å². The predicted octanol–water partition coefficient (Wildman–Crippen LogP) is 3.99. The second-order valence-electron chi connectivity index (χ2n) is 5.85. The zero-order valence-corrected chi connectivity index (χ0v) is 18.3. The molecule has 0 unspecified atom stereocenters. The first-order valence-corrected chi connectivity index (χ1v) is 9.01. The number of nitrogens with zero attached hydrogens (tertiary/aromatic N) is 2. The topological polar surface area (TPSA) is 62.5 Å². The third kappa shape index (κ3) is 6.75. The van der Waals surface area contributed by atoms with Gasteiger partial charge >= 0.3 is 0 Å². The molecule has 0 amide bonds.